The van der Waals surface area contributed by atoms with Gasteiger partial charge in [-0.2, -0.15) is 0 Å². The molecule has 0 atom stereocenters. The first kappa shape index (κ1) is 24.6. The summed E-state index contributed by atoms with van der Waals surface area (Å²) in [5, 5.41) is 6.07. The second-order valence-electron chi connectivity index (χ2n) is 11.4. The van der Waals surface area contributed by atoms with Gasteiger partial charge in [0.2, 0.25) is 5.95 Å². The average Bonchev–Trinajstić information content (AvgIpc) is 3.76. The Bertz CT molecular complexity index is 2660. The topological polar surface area (TPSA) is 35.6 Å². The zero-order chi connectivity index (χ0) is 29.5. The van der Waals surface area contributed by atoms with Gasteiger partial charge in [-0.3, -0.25) is 4.57 Å². The quantitative estimate of drug-likeness (QED) is 0.205. The molecule has 0 unspecified atom stereocenters. The smallest absolute Gasteiger partial charge is 0.235 e. The third-order valence-electron chi connectivity index (χ3n) is 8.97. The van der Waals surface area contributed by atoms with Gasteiger partial charge in [0.05, 0.1) is 38.0 Å². The fourth-order valence-corrected chi connectivity index (χ4v) is 8.14. The molecule has 0 radical (unpaired) electrons. The normalized spacial score (nSPS) is 12.0. The van der Waals surface area contributed by atoms with Crippen LogP contribution in [0.4, 0.5) is 0 Å². The van der Waals surface area contributed by atoms with Crippen molar-refractivity contribution in [3.05, 3.63) is 146 Å². The summed E-state index contributed by atoms with van der Waals surface area (Å²) in [5.74, 6) is 0.685. The molecule has 210 valence electrons. The molecule has 0 aliphatic heterocycles. The summed E-state index contributed by atoms with van der Waals surface area (Å²) in [6.45, 7) is 0. The van der Waals surface area contributed by atoms with Crippen molar-refractivity contribution >= 4 is 75.3 Å². The standard InChI is InChI=1S/C40H24N4S/c1-6-16-32-27(11-1)28-12-2-7-17-33(28)43(32)26-23-21-25(22-24-26)37-39-38(31-15-5-10-20-36(31)45-39)42-40(41-37)44-34-18-8-3-13-29(34)30-14-4-9-19-35(30)44/h1-24H. The molecule has 0 aliphatic rings. The van der Waals surface area contributed by atoms with Crippen LogP contribution in [-0.4, -0.2) is 19.1 Å². The molecule has 4 nitrogen and oxygen atoms in total. The van der Waals surface area contributed by atoms with Crippen LogP contribution in [0.15, 0.2) is 146 Å². The van der Waals surface area contributed by atoms with Gasteiger partial charge in [-0.1, -0.05) is 103 Å². The van der Waals surface area contributed by atoms with Crippen molar-refractivity contribution in [1.82, 2.24) is 19.1 Å². The molecule has 5 heteroatoms. The highest BCUT2D eigenvalue weighted by Crippen LogP contribution is 2.40. The molecule has 6 aromatic carbocycles. The maximum absolute atomic E-state index is 5.36. The molecular formula is C40H24N4S. The zero-order valence-electron chi connectivity index (χ0n) is 24.1. The summed E-state index contributed by atoms with van der Waals surface area (Å²) in [7, 11) is 0. The Labute approximate surface area is 262 Å². The van der Waals surface area contributed by atoms with Crippen molar-refractivity contribution in [3.8, 4) is 22.9 Å². The Morgan fingerprint density at radius 2 is 0.889 bits per heavy atom. The Balaban J connectivity index is 1.23. The van der Waals surface area contributed by atoms with Crippen molar-refractivity contribution < 1.29 is 0 Å². The van der Waals surface area contributed by atoms with Gasteiger partial charge in [0.15, 0.2) is 0 Å². The van der Waals surface area contributed by atoms with Gasteiger partial charge in [-0.05, 0) is 42.5 Å². The van der Waals surface area contributed by atoms with Crippen LogP contribution in [0.5, 0.6) is 0 Å². The number of thiophene rings is 1. The van der Waals surface area contributed by atoms with E-state index in [0.717, 1.165) is 43.6 Å². The van der Waals surface area contributed by atoms with E-state index in [0.29, 0.717) is 5.95 Å². The summed E-state index contributed by atoms with van der Waals surface area (Å²) in [6, 6.07) is 51.7. The van der Waals surface area contributed by atoms with Gasteiger partial charge in [0.1, 0.15) is 0 Å². The highest BCUT2D eigenvalue weighted by molar-refractivity contribution is 7.26. The van der Waals surface area contributed by atoms with Crippen LogP contribution in [-0.2, 0) is 0 Å². The van der Waals surface area contributed by atoms with Crippen LogP contribution in [0.25, 0.3) is 86.8 Å². The second kappa shape index (κ2) is 9.36. The molecule has 0 N–H and O–H groups in total. The Morgan fingerprint density at radius 3 is 1.44 bits per heavy atom. The van der Waals surface area contributed by atoms with Gasteiger partial charge in [-0.15, -0.1) is 11.3 Å². The SMILES string of the molecule is c1ccc2c(c1)sc1c(-c3ccc(-n4c5ccccc5c5ccccc54)cc3)nc(-n3c4ccccc4c4ccccc43)nc12. The lowest BCUT2D eigenvalue weighted by atomic mass is 10.1. The number of aromatic nitrogens is 4. The Kier molecular flexibility index (Phi) is 5.12. The maximum atomic E-state index is 5.36. The molecule has 4 aromatic heterocycles. The van der Waals surface area contributed by atoms with E-state index in [4.69, 9.17) is 9.97 Å². The molecule has 0 amide bonds. The first-order valence-corrected chi connectivity index (χ1v) is 15.9. The minimum absolute atomic E-state index is 0.685. The van der Waals surface area contributed by atoms with Gasteiger partial charge in [0, 0.05) is 42.9 Å². The lowest BCUT2D eigenvalue weighted by Crippen LogP contribution is -2.02. The molecule has 0 saturated heterocycles. The molecule has 0 aliphatic carbocycles. The molecule has 10 aromatic rings. The van der Waals surface area contributed by atoms with Crippen LogP contribution in [0.1, 0.15) is 0 Å². The molecule has 45 heavy (non-hydrogen) atoms. The fourth-order valence-electron chi connectivity index (χ4n) is 6.98. The molecule has 0 saturated carbocycles. The first-order valence-electron chi connectivity index (χ1n) is 15.1. The fraction of sp³-hybridized carbons (Fsp3) is 0. The lowest BCUT2D eigenvalue weighted by molar-refractivity contribution is 1.02. The first-order chi connectivity index (χ1) is 22.3. The van der Waals surface area contributed by atoms with E-state index in [1.807, 2.05) is 0 Å². The van der Waals surface area contributed by atoms with Crippen LogP contribution < -0.4 is 0 Å². The molecule has 4 heterocycles. The zero-order valence-corrected chi connectivity index (χ0v) is 24.9. The van der Waals surface area contributed by atoms with E-state index >= 15 is 0 Å². The van der Waals surface area contributed by atoms with Gasteiger partial charge in [-0.25, -0.2) is 9.97 Å². The molecule has 0 spiro atoms. The van der Waals surface area contributed by atoms with E-state index in [1.165, 1.54) is 37.3 Å². The number of benzene rings is 6. The van der Waals surface area contributed by atoms with Crippen LogP contribution >= 0.6 is 11.3 Å². The average molecular weight is 593 g/mol. The molecule has 10 rings (SSSR count). The van der Waals surface area contributed by atoms with Gasteiger partial charge >= 0.3 is 0 Å². The van der Waals surface area contributed by atoms with E-state index < -0.39 is 0 Å². The molecular weight excluding hydrogens is 569 g/mol. The van der Waals surface area contributed by atoms with E-state index in [2.05, 4.69) is 155 Å². The highest BCUT2D eigenvalue weighted by atomic mass is 32.1. The van der Waals surface area contributed by atoms with Crippen molar-refractivity contribution in [2.45, 2.75) is 0 Å². The summed E-state index contributed by atoms with van der Waals surface area (Å²) >= 11 is 1.76. The van der Waals surface area contributed by atoms with Gasteiger partial charge in [0.25, 0.3) is 0 Å². The van der Waals surface area contributed by atoms with Crippen molar-refractivity contribution in [1.29, 1.82) is 0 Å². The van der Waals surface area contributed by atoms with Crippen LogP contribution in [0.3, 0.4) is 0 Å². The number of hydrogen-bond donors (Lipinski definition) is 0. The van der Waals surface area contributed by atoms with Crippen molar-refractivity contribution in [3.63, 3.8) is 0 Å². The monoisotopic (exact) mass is 592 g/mol. The number of para-hydroxylation sites is 4. The molecule has 0 bridgehead atoms. The second-order valence-corrected chi connectivity index (χ2v) is 12.5. The largest absolute Gasteiger partial charge is 0.309 e. The minimum atomic E-state index is 0.685. The Hall–Kier alpha value is -5.78. The number of fused-ring (bicyclic) bond motifs is 9. The van der Waals surface area contributed by atoms with Crippen molar-refractivity contribution in [2.24, 2.45) is 0 Å². The van der Waals surface area contributed by atoms with Crippen LogP contribution in [0, 0.1) is 0 Å². The summed E-state index contributed by atoms with van der Waals surface area (Å²) < 4.78 is 6.88. The van der Waals surface area contributed by atoms with E-state index in [-0.39, 0.29) is 0 Å². The van der Waals surface area contributed by atoms with Crippen molar-refractivity contribution in [2.75, 3.05) is 0 Å². The number of nitrogens with zero attached hydrogens (tertiary/aromatic N) is 4. The number of rotatable bonds is 3. The van der Waals surface area contributed by atoms with Crippen LogP contribution in [0.2, 0.25) is 0 Å². The van der Waals surface area contributed by atoms with Gasteiger partial charge < -0.3 is 4.57 Å². The number of hydrogen-bond acceptors (Lipinski definition) is 3. The lowest BCUT2D eigenvalue weighted by Gasteiger charge is -2.11. The van der Waals surface area contributed by atoms with E-state index in [9.17, 15) is 0 Å². The summed E-state index contributed by atoms with van der Waals surface area (Å²) in [6.07, 6.45) is 0. The minimum Gasteiger partial charge on any atom is -0.309 e. The summed E-state index contributed by atoms with van der Waals surface area (Å²) in [5.41, 5.74) is 8.75. The summed E-state index contributed by atoms with van der Waals surface area (Å²) in [4.78, 5) is 10.6. The molecule has 0 fully saturated rings. The Morgan fingerprint density at radius 1 is 0.422 bits per heavy atom. The maximum Gasteiger partial charge on any atom is 0.235 e. The third-order valence-corrected chi connectivity index (χ3v) is 10.1. The predicted octanol–water partition coefficient (Wildman–Crippen LogP) is 10.7. The third kappa shape index (κ3) is 3.53. The van der Waals surface area contributed by atoms with E-state index in [1.54, 1.807) is 11.3 Å². The highest BCUT2D eigenvalue weighted by Gasteiger charge is 2.20. The predicted molar refractivity (Wildman–Crippen MR) is 189 cm³/mol.